The molecule has 4 aromatic heterocycles. The summed E-state index contributed by atoms with van der Waals surface area (Å²) in [6, 6.07) is 20.7. The first kappa shape index (κ1) is 27.3. The molecule has 0 saturated heterocycles. The number of aromatic nitrogens is 4. The topological polar surface area (TPSA) is 134 Å². The van der Waals surface area contributed by atoms with Gasteiger partial charge in [0.25, 0.3) is 0 Å². The Bertz CT molecular complexity index is 1850. The Morgan fingerprint density at radius 2 is 1.38 bits per heavy atom. The average molecular weight is 652 g/mol. The van der Waals surface area contributed by atoms with Crippen molar-refractivity contribution >= 4 is 53.9 Å². The molecule has 0 atom stereocenters. The van der Waals surface area contributed by atoms with Crippen LogP contribution >= 0.6 is 31.9 Å². The summed E-state index contributed by atoms with van der Waals surface area (Å²) in [7, 11) is 0. The van der Waals surface area contributed by atoms with Crippen LogP contribution in [0, 0.1) is 28.5 Å². The Hall–Kier alpha value is -4.71. The van der Waals surface area contributed by atoms with E-state index in [-0.39, 0.29) is 14.2 Å². The normalized spacial score (nSPS) is 9.97. The van der Waals surface area contributed by atoms with Crippen LogP contribution in [0.5, 0.6) is 17.2 Å². The zero-order valence-electron chi connectivity index (χ0n) is 19.9. The number of halogens is 3. The third kappa shape index (κ3) is 7.20. The summed E-state index contributed by atoms with van der Waals surface area (Å²) in [6.07, 6.45) is 6.65. The van der Waals surface area contributed by atoms with E-state index in [1.807, 2.05) is 24.4 Å². The fraction of sp³-hybridized carbons (Fsp3) is 0. The lowest BCUT2D eigenvalue weighted by molar-refractivity contribution is 0.474. The minimum absolute atomic E-state index is 0. The van der Waals surface area contributed by atoms with Gasteiger partial charge >= 0.3 is 0 Å². The fourth-order valence-electron chi connectivity index (χ4n) is 3.28. The Morgan fingerprint density at radius 3 is 2.03 bits per heavy atom. The maximum Gasteiger partial charge on any atom is 0.146 e. The molecule has 0 aliphatic heterocycles. The van der Waals surface area contributed by atoms with Crippen LogP contribution in [0.25, 0.3) is 22.1 Å². The third-order valence-corrected chi connectivity index (χ3v) is 6.09. The van der Waals surface area contributed by atoms with Crippen LogP contribution in [0.15, 0.2) is 94.4 Å². The lowest BCUT2D eigenvalue weighted by Gasteiger charge is -2.07. The van der Waals surface area contributed by atoms with Gasteiger partial charge < -0.3 is 19.8 Å². The molecule has 2 aromatic carbocycles. The molecule has 0 aliphatic rings. The number of aromatic hydroxyl groups is 1. The van der Waals surface area contributed by atoms with Gasteiger partial charge in [-0.15, -0.1) is 0 Å². The molecule has 0 fully saturated rings. The number of hydrogen-bond acceptors (Lipinski definition) is 6. The number of hydrogen-bond donors (Lipinski definition) is 3. The van der Waals surface area contributed by atoms with Gasteiger partial charge in [-0.05, 0) is 60.7 Å². The zero-order chi connectivity index (χ0) is 27.8. The summed E-state index contributed by atoms with van der Waals surface area (Å²) in [5, 5.41) is 28.2. The van der Waals surface area contributed by atoms with Crippen LogP contribution < -0.4 is 4.74 Å². The minimum Gasteiger partial charge on any atom is -0.506 e. The Morgan fingerprint density at radius 1 is 0.795 bits per heavy atom. The second kappa shape index (κ2) is 12.7. The van der Waals surface area contributed by atoms with E-state index in [2.05, 4.69) is 57.9 Å². The molecule has 0 amide bonds. The number of nitrogens with zero attached hydrogens (tertiary/aromatic N) is 4. The van der Waals surface area contributed by atoms with Crippen LogP contribution in [0.2, 0.25) is 0 Å². The standard InChI is InChI=1S/C14H8BrN3O.C7H3BrFN.C7H6N2O.2H2/c15-11-2-1-10(7-16)13(6-11)19-12-5-9-3-4-17-14(9)18-8-12;8-6-2-1-5(4-10)7(9)3-6;10-6-3-5-1-2-8-7(5)9-4-6;;/h1-6,8H,(H,17,18);1-3H;1-4,10H,(H,8,9);2*1H. The zero-order valence-corrected chi connectivity index (χ0v) is 23.0. The van der Waals surface area contributed by atoms with E-state index in [9.17, 15) is 4.39 Å². The molecule has 196 valence electrons. The minimum atomic E-state index is -0.489. The van der Waals surface area contributed by atoms with Gasteiger partial charge in [0.15, 0.2) is 0 Å². The predicted molar refractivity (Wildman–Crippen MR) is 156 cm³/mol. The molecule has 0 radical (unpaired) electrons. The molecular formula is C28H21Br2FN6O2. The molecule has 3 N–H and O–H groups in total. The number of nitriles is 2. The number of benzene rings is 2. The van der Waals surface area contributed by atoms with Crippen LogP contribution in [-0.4, -0.2) is 25.0 Å². The summed E-state index contributed by atoms with van der Waals surface area (Å²) >= 11 is 6.44. The summed E-state index contributed by atoms with van der Waals surface area (Å²) in [6.45, 7) is 0. The lowest BCUT2D eigenvalue weighted by atomic mass is 10.2. The van der Waals surface area contributed by atoms with E-state index >= 15 is 0 Å². The average Bonchev–Trinajstić information content (AvgIpc) is 3.58. The van der Waals surface area contributed by atoms with Crippen molar-refractivity contribution in [3.63, 3.8) is 0 Å². The van der Waals surface area contributed by atoms with E-state index in [0.29, 0.717) is 21.5 Å². The van der Waals surface area contributed by atoms with Gasteiger partial charge in [-0.25, -0.2) is 14.4 Å². The van der Waals surface area contributed by atoms with Crippen LogP contribution in [0.3, 0.4) is 0 Å². The van der Waals surface area contributed by atoms with E-state index in [1.165, 1.54) is 18.3 Å². The van der Waals surface area contributed by atoms with Crippen molar-refractivity contribution < 1.29 is 17.1 Å². The van der Waals surface area contributed by atoms with E-state index in [1.54, 1.807) is 48.8 Å². The largest absolute Gasteiger partial charge is 0.506 e. The maximum absolute atomic E-state index is 12.6. The molecule has 0 unspecified atom stereocenters. The summed E-state index contributed by atoms with van der Waals surface area (Å²) in [5.74, 6) is 0.819. The van der Waals surface area contributed by atoms with Gasteiger partial charge in [0.2, 0.25) is 0 Å². The highest BCUT2D eigenvalue weighted by Gasteiger charge is 2.07. The van der Waals surface area contributed by atoms with Crippen molar-refractivity contribution in [1.82, 2.24) is 19.9 Å². The molecular weight excluding hydrogens is 631 g/mol. The molecule has 8 nitrogen and oxygen atoms in total. The molecule has 0 bridgehead atoms. The number of fused-ring (bicyclic) bond motifs is 2. The van der Waals surface area contributed by atoms with Crippen molar-refractivity contribution in [3.8, 4) is 29.4 Å². The lowest BCUT2D eigenvalue weighted by Crippen LogP contribution is -1.89. The monoisotopic (exact) mass is 650 g/mol. The number of ether oxygens (including phenoxy) is 1. The summed E-state index contributed by atoms with van der Waals surface area (Å²) < 4.78 is 19.8. The highest BCUT2D eigenvalue weighted by Crippen LogP contribution is 2.29. The molecule has 0 aliphatic carbocycles. The van der Waals surface area contributed by atoms with Crippen molar-refractivity contribution in [2.24, 2.45) is 0 Å². The molecule has 6 aromatic rings. The highest BCUT2D eigenvalue weighted by atomic mass is 79.9. The predicted octanol–water partition coefficient (Wildman–Crippen LogP) is 8.21. The number of nitrogens with one attached hydrogen (secondary N) is 2. The van der Waals surface area contributed by atoms with E-state index < -0.39 is 5.82 Å². The van der Waals surface area contributed by atoms with Crippen molar-refractivity contribution in [3.05, 3.63) is 111 Å². The fourth-order valence-corrected chi connectivity index (χ4v) is 3.96. The maximum atomic E-state index is 12.6. The molecule has 39 heavy (non-hydrogen) atoms. The van der Waals surface area contributed by atoms with Gasteiger partial charge in [-0.1, -0.05) is 31.9 Å². The van der Waals surface area contributed by atoms with Crippen molar-refractivity contribution in [2.45, 2.75) is 0 Å². The first-order chi connectivity index (χ1) is 18.9. The Labute approximate surface area is 241 Å². The second-order valence-corrected chi connectivity index (χ2v) is 9.62. The quantitative estimate of drug-likeness (QED) is 0.173. The molecule has 0 saturated carbocycles. The van der Waals surface area contributed by atoms with E-state index in [0.717, 1.165) is 26.5 Å². The number of H-pyrrole nitrogens is 2. The van der Waals surface area contributed by atoms with Crippen LogP contribution in [-0.2, 0) is 0 Å². The van der Waals surface area contributed by atoms with Crippen LogP contribution in [0.1, 0.15) is 14.0 Å². The Balaban J connectivity index is 0.000000228. The summed E-state index contributed by atoms with van der Waals surface area (Å²) in [5.41, 5.74) is 2.17. The summed E-state index contributed by atoms with van der Waals surface area (Å²) in [4.78, 5) is 14.1. The molecule has 11 heteroatoms. The van der Waals surface area contributed by atoms with Gasteiger partial charge in [-0.3, -0.25) is 0 Å². The van der Waals surface area contributed by atoms with Gasteiger partial charge in [0.05, 0.1) is 23.5 Å². The molecule has 0 spiro atoms. The smallest absolute Gasteiger partial charge is 0.146 e. The Kier molecular flexibility index (Phi) is 8.90. The van der Waals surface area contributed by atoms with Gasteiger partial charge in [0, 0.05) is 35.0 Å². The highest BCUT2D eigenvalue weighted by molar-refractivity contribution is 9.10. The van der Waals surface area contributed by atoms with Gasteiger partial charge in [0.1, 0.15) is 46.5 Å². The van der Waals surface area contributed by atoms with Gasteiger partial charge in [-0.2, -0.15) is 10.5 Å². The number of rotatable bonds is 2. The SMILES string of the molecule is N#Cc1ccc(Br)cc1F.N#Cc1ccc(Br)cc1Oc1cnc2[nH]ccc2c1.Oc1cnc2[nH]ccc2c1.[HH].[HH]. The first-order valence-corrected chi connectivity index (χ1v) is 12.7. The van der Waals surface area contributed by atoms with Crippen molar-refractivity contribution in [1.29, 1.82) is 10.5 Å². The number of pyridine rings is 2. The van der Waals surface area contributed by atoms with Crippen molar-refractivity contribution in [2.75, 3.05) is 0 Å². The van der Waals surface area contributed by atoms with E-state index in [4.69, 9.17) is 20.4 Å². The van der Waals surface area contributed by atoms with Crippen LogP contribution in [0.4, 0.5) is 4.39 Å². The molecule has 4 heterocycles. The third-order valence-electron chi connectivity index (χ3n) is 5.10. The second-order valence-electron chi connectivity index (χ2n) is 7.79. The number of aromatic amines is 2. The first-order valence-electron chi connectivity index (χ1n) is 11.1. The molecule has 6 rings (SSSR count).